The van der Waals surface area contributed by atoms with Crippen LogP contribution in [0.25, 0.3) is 0 Å². The molecule has 0 bridgehead atoms. The summed E-state index contributed by atoms with van der Waals surface area (Å²) >= 11 is 0. The van der Waals surface area contributed by atoms with E-state index < -0.39 is 11.3 Å². The standard InChI is InChI=1S/C11H14F2N2/c1-8-9(3-2-4-15-8)10(7-14)5-11(12,13)6-10/h2-4H,5-7,14H2,1H3. The Labute approximate surface area is 87.5 Å². The molecule has 0 atom stereocenters. The molecule has 1 aromatic rings. The second-order valence-electron chi connectivity index (χ2n) is 4.33. The number of halogens is 2. The Morgan fingerprint density at radius 3 is 2.60 bits per heavy atom. The summed E-state index contributed by atoms with van der Waals surface area (Å²) in [6, 6.07) is 3.63. The number of aryl methyl sites for hydroxylation is 1. The van der Waals surface area contributed by atoms with Gasteiger partial charge in [0.25, 0.3) is 0 Å². The minimum absolute atomic E-state index is 0.150. The maximum absolute atomic E-state index is 13.0. The summed E-state index contributed by atoms with van der Waals surface area (Å²) < 4.78 is 25.9. The second kappa shape index (κ2) is 3.23. The molecule has 0 saturated heterocycles. The Balaban J connectivity index is 2.34. The van der Waals surface area contributed by atoms with Crippen molar-refractivity contribution < 1.29 is 8.78 Å². The molecule has 2 N–H and O–H groups in total. The van der Waals surface area contributed by atoms with E-state index in [1.165, 1.54) is 0 Å². The number of nitrogens with zero attached hydrogens (tertiary/aromatic N) is 1. The first kappa shape index (κ1) is 10.5. The Morgan fingerprint density at radius 2 is 2.13 bits per heavy atom. The molecule has 4 heteroatoms. The van der Waals surface area contributed by atoms with Crippen LogP contribution < -0.4 is 5.73 Å². The Kier molecular flexibility index (Phi) is 2.26. The van der Waals surface area contributed by atoms with E-state index in [1.54, 1.807) is 12.3 Å². The SMILES string of the molecule is Cc1ncccc1C1(CN)CC(F)(F)C1. The van der Waals surface area contributed by atoms with Crippen LogP contribution in [0.5, 0.6) is 0 Å². The number of alkyl halides is 2. The molecular formula is C11H14F2N2. The van der Waals surface area contributed by atoms with Crippen molar-refractivity contribution in [2.24, 2.45) is 5.73 Å². The van der Waals surface area contributed by atoms with Gasteiger partial charge in [0, 0.05) is 36.7 Å². The third kappa shape index (κ3) is 1.63. The van der Waals surface area contributed by atoms with Crippen molar-refractivity contribution in [3.05, 3.63) is 29.6 Å². The Hall–Kier alpha value is -1.03. The van der Waals surface area contributed by atoms with Gasteiger partial charge in [-0.05, 0) is 18.6 Å². The van der Waals surface area contributed by atoms with Crippen LogP contribution in [-0.4, -0.2) is 17.5 Å². The third-order valence-corrected chi connectivity index (χ3v) is 3.16. The van der Waals surface area contributed by atoms with Gasteiger partial charge in [-0.25, -0.2) is 8.78 Å². The van der Waals surface area contributed by atoms with E-state index in [2.05, 4.69) is 4.98 Å². The average Bonchev–Trinajstić information content (AvgIpc) is 2.14. The van der Waals surface area contributed by atoms with Crippen LogP contribution in [0.2, 0.25) is 0 Å². The molecule has 82 valence electrons. The molecule has 1 aromatic heterocycles. The molecule has 1 fully saturated rings. The smallest absolute Gasteiger partial charge is 0.250 e. The van der Waals surface area contributed by atoms with Crippen LogP contribution in [0.4, 0.5) is 8.78 Å². The van der Waals surface area contributed by atoms with Crippen LogP contribution in [0.1, 0.15) is 24.1 Å². The number of nitrogens with two attached hydrogens (primary N) is 1. The fraction of sp³-hybridized carbons (Fsp3) is 0.545. The van der Waals surface area contributed by atoms with Gasteiger partial charge in [0.1, 0.15) is 0 Å². The van der Waals surface area contributed by atoms with Crippen LogP contribution in [0.15, 0.2) is 18.3 Å². The number of hydrogen-bond acceptors (Lipinski definition) is 2. The van der Waals surface area contributed by atoms with Crippen molar-refractivity contribution in [3.63, 3.8) is 0 Å². The molecule has 1 saturated carbocycles. The van der Waals surface area contributed by atoms with E-state index in [1.807, 2.05) is 13.0 Å². The summed E-state index contributed by atoms with van der Waals surface area (Å²) in [5.74, 6) is -2.55. The van der Waals surface area contributed by atoms with E-state index in [0.29, 0.717) is 0 Å². The maximum atomic E-state index is 13.0. The van der Waals surface area contributed by atoms with Gasteiger partial charge < -0.3 is 5.73 Å². The third-order valence-electron chi connectivity index (χ3n) is 3.16. The lowest BCUT2D eigenvalue weighted by atomic mass is 9.61. The van der Waals surface area contributed by atoms with Crippen molar-refractivity contribution in [2.75, 3.05) is 6.54 Å². The minimum atomic E-state index is -2.55. The van der Waals surface area contributed by atoms with Gasteiger partial charge in [-0.1, -0.05) is 6.07 Å². The molecule has 1 aliphatic carbocycles. The summed E-state index contributed by atoms with van der Waals surface area (Å²) in [6.45, 7) is 2.10. The molecule has 0 aliphatic heterocycles. The van der Waals surface area contributed by atoms with E-state index in [9.17, 15) is 8.78 Å². The zero-order valence-corrected chi connectivity index (χ0v) is 8.63. The van der Waals surface area contributed by atoms with E-state index in [4.69, 9.17) is 5.73 Å². The quantitative estimate of drug-likeness (QED) is 0.814. The molecule has 0 aromatic carbocycles. The fourth-order valence-corrected chi connectivity index (χ4v) is 2.43. The predicted octanol–water partition coefficient (Wildman–Crippen LogP) is 2.02. The van der Waals surface area contributed by atoms with Crippen molar-refractivity contribution in [2.45, 2.75) is 31.1 Å². The average molecular weight is 212 g/mol. The fourth-order valence-electron chi connectivity index (χ4n) is 2.43. The predicted molar refractivity (Wildman–Crippen MR) is 53.9 cm³/mol. The molecule has 15 heavy (non-hydrogen) atoms. The first-order chi connectivity index (χ1) is 6.99. The summed E-state index contributed by atoms with van der Waals surface area (Å²) in [7, 11) is 0. The van der Waals surface area contributed by atoms with Gasteiger partial charge in [0.15, 0.2) is 0 Å². The zero-order chi connectivity index (χ0) is 11.1. The minimum Gasteiger partial charge on any atom is -0.330 e. The number of hydrogen-bond donors (Lipinski definition) is 1. The number of pyridine rings is 1. The molecule has 0 spiro atoms. The van der Waals surface area contributed by atoms with Crippen LogP contribution in [0, 0.1) is 6.92 Å². The van der Waals surface area contributed by atoms with E-state index in [0.717, 1.165) is 11.3 Å². The lowest BCUT2D eigenvalue weighted by Crippen LogP contribution is -2.54. The van der Waals surface area contributed by atoms with Crippen LogP contribution in [0.3, 0.4) is 0 Å². The molecule has 0 amide bonds. The second-order valence-corrected chi connectivity index (χ2v) is 4.33. The van der Waals surface area contributed by atoms with Gasteiger partial charge in [0.05, 0.1) is 0 Å². The molecule has 0 unspecified atom stereocenters. The summed E-state index contributed by atoms with van der Waals surface area (Å²) in [5.41, 5.74) is 6.75. The summed E-state index contributed by atoms with van der Waals surface area (Å²) in [6.07, 6.45) is 1.37. The van der Waals surface area contributed by atoms with Gasteiger partial charge in [-0.2, -0.15) is 0 Å². The summed E-state index contributed by atoms with van der Waals surface area (Å²) in [5, 5.41) is 0. The van der Waals surface area contributed by atoms with Crippen molar-refractivity contribution in [3.8, 4) is 0 Å². The largest absolute Gasteiger partial charge is 0.330 e. The molecular weight excluding hydrogens is 198 g/mol. The van der Waals surface area contributed by atoms with Crippen LogP contribution in [-0.2, 0) is 5.41 Å². The highest BCUT2D eigenvalue weighted by atomic mass is 19.3. The monoisotopic (exact) mass is 212 g/mol. The highest BCUT2D eigenvalue weighted by molar-refractivity contribution is 5.33. The zero-order valence-electron chi connectivity index (χ0n) is 8.63. The van der Waals surface area contributed by atoms with E-state index >= 15 is 0 Å². The molecule has 1 aliphatic rings. The van der Waals surface area contributed by atoms with Gasteiger partial charge >= 0.3 is 0 Å². The summed E-state index contributed by atoms with van der Waals surface area (Å²) in [4.78, 5) is 4.12. The Morgan fingerprint density at radius 1 is 1.47 bits per heavy atom. The van der Waals surface area contributed by atoms with Crippen molar-refractivity contribution in [1.29, 1.82) is 0 Å². The highest BCUT2D eigenvalue weighted by Gasteiger charge is 2.56. The van der Waals surface area contributed by atoms with Gasteiger partial charge in [0.2, 0.25) is 5.92 Å². The van der Waals surface area contributed by atoms with E-state index in [-0.39, 0.29) is 19.4 Å². The Bertz CT molecular complexity index is 369. The number of rotatable bonds is 2. The van der Waals surface area contributed by atoms with Gasteiger partial charge in [-0.3, -0.25) is 4.98 Å². The number of aromatic nitrogens is 1. The maximum Gasteiger partial charge on any atom is 0.250 e. The lowest BCUT2D eigenvalue weighted by molar-refractivity contribution is -0.124. The normalized spacial score (nSPS) is 22.1. The molecule has 2 rings (SSSR count). The van der Waals surface area contributed by atoms with Gasteiger partial charge in [-0.15, -0.1) is 0 Å². The first-order valence-corrected chi connectivity index (χ1v) is 4.99. The van der Waals surface area contributed by atoms with Crippen molar-refractivity contribution in [1.82, 2.24) is 4.98 Å². The first-order valence-electron chi connectivity index (χ1n) is 4.99. The lowest BCUT2D eigenvalue weighted by Gasteiger charge is -2.47. The highest BCUT2D eigenvalue weighted by Crippen LogP contribution is 2.53. The molecule has 2 nitrogen and oxygen atoms in total. The molecule has 1 heterocycles. The van der Waals surface area contributed by atoms with Crippen molar-refractivity contribution >= 4 is 0 Å². The van der Waals surface area contributed by atoms with Crippen LogP contribution >= 0.6 is 0 Å². The molecule has 0 radical (unpaired) electrons. The topological polar surface area (TPSA) is 38.9 Å².